The number of ether oxygens (including phenoxy) is 6. The molecule has 0 aromatic heterocycles. The fourth-order valence-electron chi connectivity index (χ4n) is 11.4. The van der Waals surface area contributed by atoms with Gasteiger partial charge in [0.05, 0.1) is 38.6 Å². The highest BCUT2D eigenvalue weighted by atomic mass is 16.8. The first-order valence-corrected chi connectivity index (χ1v) is 35.5. The molecule has 3 saturated heterocycles. The van der Waals surface area contributed by atoms with Crippen LogP contribution in [0, 0.1) is 0 Å². The van der Waals surface area contributed by atoms with Crippen LogP contribution < -0.4 is 5.32 Å². The summed E-state index contributed by atoms with van der Waals surface area (Å²) in [7, 11) is 0. The van der Waals surface area contributed by atoms with Gasteiger partial charge in [-0.1, -0.05) is 239 Å². The number of carbonyl (C=O) groups is 1. The van der Waals surface area contributed by atoms with E-state index in [1.165, 1.54) is 103 Å². The molecule has 92 heavy (non-hydrogen) atoms. The molecule has 0 aromatic rings. The van der Waals surface area contributed by atoms with Gasteiger partial charge in [-0.05, 0) is 77.0 Å². The van der Waals surface area contributed by atoms with Gasteiger partial charge in [-0.15, -0.1) is 0 Å². The van der Waals surface area contributed by atoms with Crippen molar-refractivity contribution in [1.29, 1.82) is 0 Å². The summed E-state index contributed by atoms with van der Waals surface area (Å²) in [5.74, 6) is -0.281. The molecule has 19 heteroatoms. The van der Waals surface area contributed by atoms with E-state index in [9.17, 15) is 61.0 Å². The van der Waals surface area contributed by atoms with Crippen molar-refractivity contribution < 1.29 is 89.4 Å². The number of hydrogen-bond acceptors (Lipinski definition) is 18. The number of aliphatic hydroxyl groups excluding tert-OH is 11. The van der Waals surface area contributed by atoms with E-state index in [0.717, 1.165) is 96.3 Å². The normalized spacial score (nSPS) is 28.3. The van der Waals surface area contributed by atoms with Gasteiger partial charge in [0, 0.05) is 6.42 Å². The zero-order chi connectivity index (χ0) is 66.8. The number of unbranched alkanes of at least 4 members (excludes halogenated alkanes) is 23. The van der Waals surface area contributed by atoms with Crippen LogP contribution in [-0.2, 0) is 33.2 Å². The molecule has 3 aliphatic rings. The predicted octanol–water partition coefficient (Wildman–Crippen LogP) is 9.66. The first-order chi connectivity index (χ1) is 44.8. The average Bonchev–Trinajstić information content (AvgIpc) is 0.830. The number of allylic oxidation sites excluding steroid dienone is 15. The van der Waals surface area contributed by atoms with E-state index in [1.54, 1.807) is 6.08 Å². The second-order valence-electron chi connectivity index (χ2n) is 25.0. The maximum absolute atomic E-state index is 13.4. The van der Waals surface area contributed by atoms with Crippen molar-refractivity contribution in [2.24, 2.45) is 0 Å². The molecule has 17 atom stereocenters. The van der Waals surface area contributed by atoms with E-state index in [2.05, 4.69) is 104 Å². The molecule has 0 saturated carbocycles. The summed E-state index contributed by atoms with van der Waals surface area (Å²) in [6, 6.07) is -0.978. The van der Waals surface area contributed by atoms with Crippen LogP contribution in [0.15, 0.2) is 97.2 Å². The third-order valence-corrected chi connectivity index (χ3v) is 17.1. The van der Waals surface area contributed by atoms with Gasteiger partial charge < -0.3 is 89.9 Å². The number of hydrogen-bond donors (Lipinski definition) is 12. The van der Waals surface area contributed by atoms with Crippen LogP contribution in [0.25, 0.3) is 0 Å². The Hall–Kier alpha value is -3.29. The van der Waals surface area contributed by atoms with E-state index in [1.807, 2.05) is 6.08 Å². The van der Waals surface area contributed by atoms with Crippen molar-refractivity contribution in [2.45, 2.75) is 330 Å². The van der Waals surface area contributed by atoms with Crippen molar-refractivity contribution in [3.63, 3.8) is 0 Å². The number of carbonyl (C=O) groups excluding carboxylic acids is 1. The van der Waals surface area contributed by atoms with Crippen LogP contribution in [0.1, 0.15) is 226 Å². The number of nitrogens with one attached hydrogen (secondary N) is 1. The third-order valence-electron chi connectivity index (χ3n) is 17.1. The summed E-state index contributed by atoms with van der Waals surface area (Å²) in [6.07, 6.45) is 44.0. The molecule has 3 fully saturated rings. The molecular weight excluding hydrogens is 1180 g/mol. The summed E-state index contributed by atoms with van der Waals surface area (Å²) >= 11 is 0. The number of amides is 1. The van der Waals surface area contributed by atoms with Crippen LogP contribution >= 0.6 is 0 Å². The molecule has 3 aliphatic heterocycles. The van der Waals surface area contributed by atoms with Crippen LogP contribution in [0.3, 0.4) is 0 Å². The minimum atomic E-state index is -1.98. The Morgan fingerprint density at radius 3 is 1.17 bits per heavy atom. The third kappa shape index (κ3) is 35.1. The van der Waals surface area contributed by atoms with Gasteiger partial charge in [-0.25, -0.2) is 0 Å². The Bertz CT molecular complexity index is 2040. The fourth-order valence-corrected chi connectivity index (χ4v) is 11.4. The number of aliphatic hydroxyl groups is 11. The van der Waals surface area contributed by atoms with Crippen LogP contribution in [-0.4, -0.2) is 193 Å². The molecule has 0 aromatic carbocycles. The average molecular weight is 1300 g/mol. The van der Waals surface area contributed by atoms with Gasteiger partial charge in [-0.3, -0.25) is 4.79 Å². The van der Waals surface area contributed by atoms with Crippen LogP contribution in [0.4, 0.5) is 0 Å². The van der Waals surface area contributed by atoms with Gasteiger partial charge >= 0.3 is 0 Å². The standard InChI is InChI=1S/C73H125NO18/c1-3-5-7-9-11-13-15-17-18-19-20-21-22-23-24-25-26-27-28-29-30-31-32-33-34-35-36-37-38-39-41-43-45-47-49-51-61(79)74-56(57(78)50-48-46-44-42-40-16-14-12-10-8-6-4-2)55-87-71-67(85)64(82)69(59(53-76)89-71)92-73-68(86)65(83)70(60(54-77)90-73)91-72-66(84)63(81)62(80)58(52-75)88-72/h5,7,11,13,17-18,20-21,23-24,26-27,29-30,48,50,56-60,62-73,75-78,80-86H,3-4,6,8-10,12,14-16,19,22,25,28,31-47,49,51-55H2,1-2H3,(H,74,79)/b7-5-,13-11-,18-17-,21-20-,24-23-,27-26-,30-29-,50-48+. The molecule has 0 spiro atoms. The summed E-state index contributed by atoms with van der Waals surface area (Å²) in [6.45, 7) is 1.59. The minimum Gasteiger partial charge on any atom is -0.394 e. The SMILES string of the molecule is CC/C=C\C/C=C\C/C=C\C/C=C\C/C=C\C/C=C\C/C=C\CCCCCCCCCCCCCCCC(=O)NC(COC1OC(CO)C(OC2OC(CO)C(OC3OC(CO)C(O)C(O)C3O)C(O)C2O)C(O)C1O)C(O)/C=C/CCCCCCCCCCCC. The smallest absolute Gasteiger partial charge is 0.220 e. The maximum Gasteiger partial charge on any atom is 0.220 e. The molecule has 0 bridgehead atoms. The first-order valence-electron chi connectivity index (χ1n) is 35.5. The van der Waals surface area contributed by atoms with Crippen molar-refractivity contribution in [1.82, 2.24) is 5.32 Å². The second-order valence-corrected chi connectivity index (χ2v) is 25.0. The van der Waals surface area contributed by atoms with Crippen molar-refractivity contribution >= 4 is 5.91 Å². The maximum atomic E-state index is 13.4. The molecule has 12 N–H and O–H groups in total. The lowest BCUT2D eigenvalue weighted by Gasteiger charge is -2.48. The van der Waals surface area contributed by atoms with Gasteiger partial charge in [0.25, 0.3) is 0 Å². The molecule has 19 nitrogen and oxygen atoms in total. The van der Waals surface area contributed by atoms with E-state index in [0.29, 0.717) is 6.42 Å². The monoisotopic (exact) mass is 1300 g/mol. The highest BCUT2D eigenvalue weighted by molar-refractivity contribution is 5.76. The van der Waals surface area contributed by atoms with E-state index in [4.69, 9.17) is 28.4 Å². The van der Waals surface area contributed by atoms with E-state index in [-0.39, 0.29) is 18.9 Å². The van der Waals surface area contributed by atoms with Crippen molar-refractivity contribution in [3.8, 4) is 0 Å². The largest absolute Gasteiger partial charge is 0.394 e. The number of rotatable bonds is 53. The quantitative estimate of drug-likeness (QED) is 0.0199. The van der Waals surface area contributed by atoms with E-state index < -0.39 is 124 Å². The van der Waals surface area contributed by atoms with Crippen LogP contribution in [0.5, 0.6) is 0 Å². The Balaban J connectivity index is 1.35. The molecule has 0 aliphatic carbocycles. The lowest BCUT2D eigenvalue weighted by molar-refractivity contribution is -0.379. The lowest BCUT2D eigenvalue weighted by atomic mass is 9.96. The molecule has 0 radical (unpaired) electrons. The second kappa shape index (κ2) is 53.8. The molecular formula is C73H125NO18. The van der Waals surface area contributed by atoms with Crippen LogP contribution in [0.2, 0.25) is 0 Å². The Morgan fingerprint density at radius 2 is 0.750 bits per heavy atom. The van der Waals surface area contributed by atoms with Gasteiger partial charge in [-0.2, -0.15) is 0 Å². The fraction of sp³-hybridized carbons (Fsp3) is 0.767. The molecule has 3 rings (SSSR count). The molecule has 17 unspecified atom stereocenters. The van der Waals surface area contributed by atoms with Gasteiger partial charge in [0.1, 0.15) is 73.2 Å². The Kier molecular flexibility index (Phi) is 48.5. The van der Waals surface area contributed by atoms with Gasteiger partial charge in [0.2, 0.25) is 5.91 Å². The zero-order valence-corrected chi connectivity index (χ0v) is 56.0. The molecule has 1 amide bonds. The highest BCUT2D eigenvalue weighted by Crippen LogP contribution is 2.33. The summed E-state index contributed by atoms with van der Waals surface area (Å²) in [4.78, 5) is 13.4. The minimum absolute atomic E-state index is 0.237. The highest BCUT2D eigenvalue weighted by Gasteiger charge is 2.53. The predicted molar refractivity (Wildman–Crippen MR) is 360 cm³/mol. The Labute approximate surface area is 552 Å². The summed E-state index contributed by atoms with van der Waals surface area (Å²) in [5.41, 5.74) is 0. The van der Waals surface area contributed by atoms with Crippen molar-refractivity contribution in [3.05, 3.63) is 97.2 Å². The summed E-state index contributed by atoms with van der Waals surface area (Å²) in [5, 5.41) is 120. The van der Waals surface area contributed by atoms with Gasteiger partial charge in [0.15, 0.2) is 18.9 Å². The lowest BCUT2D eigenvalue weighted by Crippen LogP contribution is -2.66. The van der Waals surface area contributed by atoms with E-state index >= 15 is 0 Å². The molecule has 3 heterocycles. The zero-order valence-electron chi connectivity index (χ0n) is 56.0. The topological polar surface area (TPSA) is 307 Å². The Morgan fingerprint density at radius 1 is 0.402 bits per heavy atom. The first kappa shape index (κ1) is 82.9. The summed E-state index contributed by atoms with van der Waals surface area (Å²) < 4.78 is 34.3. The molecule has 530 valence electrons. The van der Waals surface area contributed by atoms with Crippen molar-refractivity contribution in [2.75, 3.05) is 26.4 Å².